The van der Waals surface area contributed by atoms with Crippen LogP contribution in [0.5, 0.6) is 0 Å². The number of aromatic nitrogens is 1. The Labute approximate surface area is 98.0 Å². The van der Waals surface area contributed by atoms with Crippen LogP contribution in [0.3, 0.4) is 0 Å². The van der Waals surface area contributed by atoms with E-state index in [0.29, 0.717) is 5.02 Å². The first kappa shape index (κ1) is 11.0. The molecule has 0 aliphatic carbocycles. The van der Waals surface area contributed by atoms with E-state index in [4.69, 9.17) is 16.7 Å². The lowest BCUT2D eigenvalue weighted by atomic mass is 10.1. The van der Waals surface area contributed by atoms with Crippen molar-refractivity contribution in [2.24, 2.45) is 0 Å². The third-order valence-corrected chi connectivity index (χ3v) is 2.82. The summed E-state index contributed by atoms with van der Waals surface area (Å²) >= 11 is 5.92. The quantitative estimate of drug-likeness (QED) is 0.859. The summed E-state index contributed by atoms with van der Waals surface area (Å²) in [4.78, 5) is 14.0. The SMILES string of the molecule is CCCc1c(C(=O)O)[nH]c2ccc(Cl)cc12. The zero-order chi connectivity index (χ0) is 11.7. The smallest absolute Gasteiger partial charge is 0.352 e. The van der Waals surface area contributed by atoms with Gasteiger partial charge in [-0.2, -0.15) is 0 Å². The van der Waals surface area contributed by atoms with E-state index >= 15 is 0 Å². The zero-order valence-electron chi connectivity index (χ0n) is 8.88. The largest absolute Gasteiger partial charge is 0.477 e. The van der Waals surface area contributed by atoms with Crippen molar-refractivity contribution < 1.29 is 9.90 Å². The van der Waals surface area contributed by atoms with Crippen molar-refractivity contribution in [1.29, 1.82) is 0 Å². The molecule has 2 N–H and O–H groups in total. The van der Waals surface area contributed by atoms with Crippen molar-refractivity contribution in [3.63, 3.8) is 0 Å². The van der Waals surface area contributed by atoms with Crippen LogP contribution in [-0.4, -0.2) is 16.1 Å². The molecule has 0 unspecified atom stereocenters. The third-order valence-electron chi connectivity index (χ3n) is 2.58. The normalized spacial score (nSPS) is 10.9. The summed E-state index contributed by atoms with van der Waals surface area (Å²) in [5.74, 6) is -0.921. The fraction of sp³-hybridized carbons (Fsp3) is 0.250. The highest BCUT2D eigenvalue weighted by Gasteiger charge is 2.16. The van der Waals surface area contributed by atoms with Crippen LogP contribution < -0.4 is 0 Å². The molecule has 0 amide bonds. The van der Waals surface area contributed by atoms with Gasteiger partial charge in [0.25, 0.3) is 0 Å². The fourth-order valence-electron chi connectivity index (χ4n) is 1.91. The van der Waals surface area contributed by atoms with Crippen LogP contribution >= 0.6 is 11.6 Å². The van der Waals surface area contributed by atoms with Crippen molar-refractivity contribution in [3.8, 4) is 0 Å². The first-order chi connectivity index (χ1) is 7.63. The molecule has 0 saturated carbocycles. The number of fused-ring (bicyclic) bond motifs is 1. The van der Waals surface area contributed by atoms with Crippen molar-refractivity contribution in [3.05, 3.63) is 34.5 Å². The maximum atomic E-state index is 11.1. The molecule has 0 aliphatic heterocycles. The van der Waals surface area contributed by atoms with Crippen LogP contribution in [0.1, 0.15) is 29.4 Å². The number of H-pyrrole nitrogens is 1. The molecule has 0 bridgehead atoms. The van der Waals surface area contributed by atoms with E-state index in [9.17, 15) is 4.79 Å². The minimum Gasteiger partial charge on any atom is -0.477 e. The summed E-state index contributed by atoms with van der Waals surface area (Å²) in [7, 11) is 0. The second kappa shape index (κ2) is 4.18. The standard InChI is InChI=1S/C12H12ClNO2/c1-2-3-8-9-6-7(13)4-5-10(9)14-11(8)12(15)16/h4-6,14H,2-3H2,1H3,(H,15,16). The van der Waals surface area contributed by atoms with E-state index in [1.54, 1.807) is 6.07 Å². The van der Waals surface area contributed by atoms with Gasteiger partial charge in [-0.1, -0.05) is 24.9 Å². The molecule has 1 aromatic carbocycles. The molecule has 0 radical (unpaired) electrons. The minimum atomic E-state index is -0.921. The number of aryl methyl sites for hydroxylation is 1. The van der Waals surface area contributed by atoms with Gasteiger partial charge in [0.05, 0.1) is 0 Å². The Balaban J connectivity index is 2.71. The number of carbonyl (C=O) groups is 1. The van der Waals surface area contributed by atoms with Gasteiger partial charge < -0.3 is 10.1 Å². The van der Waals surface area contributed by atoms with E-state index in [1.165, 1.54) is 0 Å². The lowest BCUT2D eigenvalue weighted by Crippen LogP contribution is -2.00. The molecule has 84 valence electrons. The number of nitrogens with one attached hydrogen (secondary N) is 1. The number of aromatic amines is 1. The number of aromatic carboxylic acids is 1. The average molecular weight is 238 g/mol. The number of carboxylic acids is 1. The van der Waals surface area contributed by atoms with E-state index in [-0.39, 0.29) is 5.69 Å². The molecule has 0 spiro atoms. The molecular weight excluding hydrogens is 226 g/mol. The van der Waals surface area contributed by atoms with Gasteiger partial charge in [-0.25, -0.2) is 4.79 Å². The minimum absolute atomic E-state index is 0.277. The number of rotatable bonds is 3. The summed E-state index contributed by atoms with van der Waals surface area (Å²) in [5, 5.41) is 10.6. The van der Waals surface area contributed by atoms with Crippen LogP contribution in [0.4, 0.5) is 0 Å². The van der Waals surface area contributed by atoms with Crippen molar-refractivity contribution in [2.75, 3.05) is 0 Å². The van der Waals surface area contributed by atoms with Gasteiger partial charge in [0.15, 0.2) is 0 Å². The van der Waals surface area contributed by atoms with Gasteiger partial charge in [-0.15, -0.1) is 0 Å². The highest BCUT2D eigenvalue weighted by molar-refractivity contribution is 6.31. The number of carboxylic acid groups (broad SMARTS) is 1. The second-order valence-corrected chi connectivity index (χ2v) is 4.16. The summed E-state index contributed by atoms with van der Waals surface area (Å²) < 4.78 is 0. The van der Waals surface area contributed by atoms with E-state index in [2.05, 4.69) is 4.98 Å². The Hall–Kier alpha value is -1.48. The molecule has 2 aromatic rings. The van der Waals surface area contributed by atoms with Crippen LogP contribution in [-0.2, 0) is 6.42 Å². The summed E-state index contributed by atoms with van der Waals surface area (Å²) in [5.41, 5.74) is 1.94. The number of halogens is 1. The number of hydrogen-bond acceptors (Lipinski definition) is 1. The Morgan fingerprint density at radius 1 is 1.50 bits per heavy atom. The Kier molecular flexibility index (Phi) is 2.88. The lowest BCUT2D eigenvalue weighted by Gasteiger charge is -1.98. The summed E-state index contributed by atoms with van der Waals surface area (Å²) in [6, 6.07) is 5.37. The van der Waals surface area contributed by atoms with E-state index in [0.717, 1.165) is 29.3 Å². The van der Waals surface area contributed by atoms with Gasteiger partial charge in [-0.05, 0) is 30.2 Å². The highest BCUT2D eigenvalue weighted by atomic mass is 35.5. The highest BCUT2D eigenvalue weighted by Crippen LogP contribution is 2.26. The number of hydrogen-bond donors (Lipinski definition) is 2. The monoisotopic (exact) mass is 237 g/mol. The van der Waals surface area contributed by atoms with E-state index < -0.39 is 5.97 Å². The topological polar surface area (TPSA) is 53.1 Å². The third kappa shape index (κ3) is 1.78. The lowest BCUT2D eigenvalue weighted by molar-refractivity contribution is 0.0690. The van der Waals surface area contributed by atoms with Crippen LogP contribution in [0.15, 0.2) is 18.2 Å². The van der Waals surface area contributed by atoms with Gasteiger partial charge in [-0.3, -0.25) is 0 Å². The first-order valence-corrected chi connectivity index (χ1v) is 5.54. The van der Waals surface area contributed by atoms with Gasteiger partial charge in [0.1, 0.15) is 5.69 Å². The Morgan fingerprint density at radius 3 is 2.88 bits per heavy atom. The van der Waals surface area contributed by atoms with Crippen LogP contribution in [0.25, 0.3) is 10.9 Å². The number of benzene rings is 1. The Bertz CT molecular complexity index is 545. The van der Waals surface area contributed by atoms with Crippen molar-refractivity contribution >= 4 is 28.5 Å². The molecule has 1 heterocycles. The molecule has 0 saturated heterocycles. The first-order valence-electron chi connectivity index (χ1n) is 5.17. The second-order valence-electron chi connectivity index (χ2n) is 3.72. The molecule has 3 nitrogen and oxygen atoms in total. The maximum absolute atomic E-state index is 11.1. The molecule has 4 heteroatoms. The fourth-order valence-corrected chi connectivity index (χ4v) is 2.08. The molecule has 0 fully saturated rings. The van der Waals surface area contributed by atoms with Gasteiger partial charge >= 0.3 is 5.97 Å². The van der Waals surface area contributed by atoms with Crippen molar-refractivity contribution in [1.82, 2.24) is 4.98 Å². The predicted octanol–water partition coefficient (Wildman–Crippen LogP) is 3.47. The predicted molar refractivity (Wildman–Crippen MR) is 64.3 cm³/mol. The molecule has 1 aromatic heterocycles. The van der Waals surface area contributed by atoms with E-state index in [1.807, 2.05) is 19.1 Å². The molecule has 2 rings (SSSR count). The maximum Gasteiger partial charge on any atom is 0.352 e. The van der Waals surface area contributed by atoms with Crippen molar-refractivity contribution in [2.45, 2.75) is 19.8 Å². The molecule has 16 heavy (non-hydrogen) atoms. The molecule has 0 aliphatic rings. The van der Waals surface area contributed by atoms with Gasteiger partial charge in [0.2, 0.25) is 0 Å². The summed E-state index contributed by atoms with van der Waals surface area (Å²) in [6.45, 7) is 2.02. The van der Waals surface area contributed by atoms with Crippen LogP contribution in [0, 0.1) is 0 Å². The summed E-state index contributed by atoms with van der Waals surface area (Å²) in [6.07, 6.45) is 1.64. The molecular formula is C12H12ClNO2. The molecule has 0 atom stereocenters. The average Bonchev–Trinajstić information content (AvgIpc) is 2.58. The Morgan fingerprint density at radius 2 is 2.25 bits per heavy atom. The van der Waals surface area contributed by atoms with Gasteiger partial charge in [0, 0.05) is 15.9 Å². The van der Waals surface area contributed by atoms with Crippen LogP contribution in [0.2, 0.25) is 5.02 Å². The zero-order valence-corrected chi connectivity index (χ0v) is 9.64.